The van der Waals surface area contributed by atoms with Crippen LogP contribution < -0.4 is 5.32 Å². The standard InChI is InChI=1S/C17H22N2O3/c1-5-19(6-2)17(21)15-14(18-16(20)11(3)4)12-9-7-8-10-13(12)22-15/h7-11H,5-6H2,1-4H3,(H,18,20). The average molecular weight is 302 g/mol. The highest BCUT2D eigenvalue weighted by atomic mass is 16.3. The molecule has 0 fully saturated rings. The Morgan fingerprint density at radius 1 is 1.18 bits per heavy atom. The number of hydrogen-bond acceptors (Lipinski definition) is 3. The van der Waals surface area contributed by atoms with Gasteiger partial charge in [0.2, 0.25) is 11.7 Å². The summed E-state index contributed by atoms with van der Waals surface area (Å²) in [5.41, 5.74) is 1.06. The minimum Gasteiger partial charge on any atom is -0.449 e. The summed E-state index contributed by atoms with van der Waals surface area (Å²) < 4.78 is 5.72. The summed E-state index contributed by atoms with van der Waals surface area (Å²) in [6.07, 6.45) is 0. The van der Waals surface area contributed by atoms with E-state index in [9.17, 15) is 9.59 Å². The normalized spacial score (nSPS) is 11.0. The lowest BCUT2D eigenvalue weighted by Crippen LogP contribution is -2.31. The Labute approximate surface area is 130 Å². The Hall–Kier alpha value is -2.30. The van der Waals surface area contributed by atoms with Gasteiger partial charge in [0.25, 0.3) is 5.91 Å². The number of para-hydroxylation sites is 1. The van der Waals surface area contributed by atoms with Crippen LogP contribution in [-0.4, -0.2) is 29.8 Å². The molecule has 0 spiro atoms. The molecule has 0 saturated carbocycles. The van der Waals surface area contributed by atoms with Gasteiger partial charge in [-0.3, -0.25) is 9.59 Å². The van der Waals surface area contributed by atoms with Gasteiger partial charge in [-0.05, 0) is 26.0 Å². The van der Waals surface area contributed by atoms with Crippen molar-refractivity contribution >= 4 is 28.5 Å². The van der Waals surface area contributed by atoms with E-state index in [1.807, 2.05) is 45.9 Å². The third-order valence-corrected chi connectivity index (χ3v) is 3.61. The molecule has 0 radical (unpaired) electrons. The summed E-state index contributed by atoms with van der Waals surface area (Å²) in [4.78, 5) is 26.4. The van der Waals surface area contributed by atoms with Crippen LogP contribution in [0.1, 0.15) is 38.2 Å². The van der Waals surface area contributed by atoms with Gasteiger partial charge in [-0.1, -0.05) is 26.0 Å². The highest BCUT2D eigenvalue weighted by Crippen LogP contribution is 2.32. The van der Waals surface area contributed by atoms with Crippen molar-refractivity contribution in [1.82, 2.24) is 4.90 Å². The highest BCUT2D eigenvalue weighted by molar-refractivity contribution is 6.11. The molecule has 0 bridgehead atoms. The molecule has 5 nitrogen and oxygen atoms in total. The van der Waals surface area contributed by atoms with Crippen molar-refractivity contribution in [3.63, 3.8) is 0 Å². The first kappa shape index (κ1) is 16.1. The van der Waals surface area contributed by atoms with Crippen LogP contribution in [0.2, 0.25) is 0 Å². The fourth-order valence-electron chi connectivity index (χ4n) is 2.24. The molecule has 22 heavy (non-hydrogen) atoms. The Bertz CT molecular complexity index is 684. The van der Waals surface area contributed by atoms with Gasteiger partial charge in [-0.25, -0.2) is 0 Å². The van der Waals surface area contributed by atoms with Crippen molar-refractivity contribution in [2.24, 2.45) is 5.92 Å². The molecule has 2 aromatic rings. The topological polar surface area (TPSA) is 62.6 Å². The quantitative estimate of drug-likeness (QED) is 0.919. The number of amides is 2. The summed E-state index contributed by atoms with van der Waals surface area (Å²) in [6.45, 7) is 8.62. The predicted octanol–water partition coefficient (Wildman–Crippen LogP) is 3.51. The highest BCUT2D eigenvalue weighted by Gasteiger charge is 2.25. The molecule has 0 aliphatic carbocycles. The summed E-state index contributed by atoms with van der Waals surface area (Å²) >= 11 is 0. The van der Waals surface area contributed by atoms with E-state index >= 15 is 0 Å². The molecule has 5 heteroatoms. The lowest BCUT2D eigenvalue weighted by molar-refractivity contribution is -0.118. The van der Waals surface area contributed by atoms with Crippen LogP contribution >= 0.6 is 0 Å². The van der Waals surface area contributed by atoms with Crippen molar-refractivity contribution in [1.29, 1.82) is 0 Å². The van der Waals surface area contributed by atoms with Crippen molar-refractivity contribution in [2.75, 3.05) is 18.4 Å². The van der Waals surface area contributed by atoms with E-state index in [4.69, 9.17) is 4.42 Å². The molecule has 1 aromatic heterocycles. The molecule has 118 valence electrons. The van der Waals surface area contributed by atoms with Crippen LogP contribution in [0.15, 0.2) is 28.7 Å². The SMILES string of the molecule is CCN(CC)C(=O)c1oc2ccccc2c1NC(=O)C(C)C. The lowest BCUT2D eigenvalue weighted by atomic mass is 10.1. The van der Waals surface area contributed by atoms with Crippen LogP contribution in [-0.2, 0) is 4.79 Å². The minimum absolute atomic E-state index is 0.139. The molecular formula is C17H22N2O3. The zero-order chi connectivity index (χ0) is 16.3. The largest absolute Gasteiger partial charge is 0.449 e. The third-order valence-electron chi connectivity index (χ3n) is 3.61. The Morgan fingerprint density at radius 3 is 2.41 bits per heavy atom. The molecule has 2 amide bonds. The van der Waals surface area contributed by atoms with Crippen LogP contribution in [0.4, 0.5) is 5.69 Å². The van der Waals surface area contributed by atoms with E-state index in [1.54, 1.807) is 11.0 Å². The van der Waals surface area contributed by atoms with E-state index in [-0.39, 0.29) is 23.5 Å². The number of nitrogens with one attached hydrogen (secondary N) is 1. The molecule has 1 aromatic carbocycles. The summed E-state index contributed by atoms with van der Waals surface area (Å²) in [7, 11) is 0. The molecule has 2 rings (SSSR count). The van der Waals surface area contributed by atoms with Gasteiger partial charge >= 0.3 is 0 Å². The Balaban J connectivity index is 2.52. The van der Waals surface area contributed by atoms with Crippen molar-refractivity contribution < 1.29 is 14.0 Å². The van der Waals surface area contributed by atoms with E-state index in [0.29, 0.717) is 24.4 Å². The molecule has 0 unspecified atom stereocenters. The van der Waals surface area contributed by atoms with Gasteiger partial charge in [0.15, 0.2) is 0 Å². The number of nitrogens with zero attached hydrogens (tertiary/aromatic N) is 1. The van der Waals surface area contributed by atoms with Crippen LogP contribution in [0, 0.1) is 5.92 Å². The van der Waals surface area contributed by atoms with Crippen molar-refractivity contribution in [3.05, 3.63) is 30.0 Å². The Morgan fingerprint density at radius 2 is 1.82 bits per heavy atom. The third kappa shape index (κ3) is 2.98. The summed E-state index contributed by atoms with van der Waals surface area (Å²) in [6, 6.07) is 7.33. The maximum Gasteiger partial charge on any atom is 0.291 e. The second-order valence-corrected chi connectivity index (χ2v) is 5.42. The fourth-order valence-corrected chi connectivity index (χ4v) is 2.24. The maximum atomic E-state index is 12.6. The molecule has 1 N–H and O–H groups in total. The number of carbonyl (C=O) groups is 2. The number of furan rings is 1. The summed E-state index contributed by atoms with van der Waals surface area (Å²) in [5.74, 6) is -0.329. The zero-order valence-electron chi connectivity index (χ0n) is 13.5. The number of anilines is 1. The molecule has 1 heterocycles. The summed E-state index contributed by atoms with van der Waals surface area (Å²) in [5, 5.41) is 3.58. The van der Waals surface area contributed by atoms with Crippen LogP contribution in [0.25, 0.3) is 11.0 Å². The van der Waals surface area contributed by atoms with E-state index in [0.717, 1.165) is 5.39 Å². The Kier molecular flexibility index (Phi) is 4.85. The number of benzene rings is 1. The van der Waals surface area contributed by atoms with Gasteiger partial charge in [-0.15, -0.1) is 0 Å². The molecule has 0 atom stereocenters. The second kappa shape index (κ2) is 6.64. The average Bonchev–Trinajstić information content (AvgIpc) is 2.87. The first-order chi connectivity index (χ1) is 10.5. The van der Waals surface area contributed by atoms with Crippen molar-refractivity contribution in [3.8, 4) is 0 Å². The first-order valence-electron chi connectivity index (χ1n) is 7.61. The van der Waals surface area contributed by atoms with Gasteiger partial charge in [-0.2, -0.15) is 0 Å². The smallest absolute Gasteiger partial charge is 0.291 e. The molecule has 0 saturated heterocycles. The van der Waals surface area contributed by atoms with E-state index in [1.165, 1.54) is 0 Å². The number of fused-ring (bicyclic) bond motifs is 1. The van der Waals surface area contributed by atoms with E-state index in [2.05, 4.69) is 5.32 Å². The van der Waals surface area contributed by atoms with Gasteiger partial charge in [0.05, 0.1) is 0 Å². The number of hydrogen-bond donors (Lipinski definition) is 1. The molecule has 0 aliphatic heterocycles. The lowest BCUT2D eigenvalue weighted by Gasteiger charge is -2.18. The second-order valence-electron chi connectivity index (χ2n) is 5.42. The predicted molar refractivity (Wildman–Crippen MR) is 86.9 cm³/mol. The number of carbonyl (C=O) groups excluding carboxylic acids is 2. The van der Waals surface area contributed by atoms with Gasteiger partial charge in [0.1, 0.15) is 11.3 Å². The molecular weight excluding hydrogens is 280 g/mol. The number of rotatable bonds is 5. The van der Waals surface area contributed by atoms with Crippen molar-refractivity contribution in [2.45, 2.75) is 27.7 Å². The zero-order valence-corrected chi connectivity index (χ0v) is 13.5. The van der Waals surface area contributed by atoms with Gasteiger partial charge < -0.3 is 14.6 Å². The van der Waals surface area contributed by atoms with Crippen LogP contribution in [0.3, 0.4) is 0 Å². The van der Waals surface area contributed by atoms with E-state index < -0.39 is 0 Å². The monoisotopic (exact) mass is 302 g/mol. The van der Waals surface area contributed by atoms with Crippen LogP contribution in [0.5, 0.6) is 0 Å². The first-order valence-corrected chi connectivity index (χ1v) is 7.61. The molecule has 0 aliphatic rings. The van der Waals surface area contributed by atoms with Gasteiger partial charge in [0, 0.05) is 24.4 Å². The minimum atomic E-state index is -0.208. The fraction of sp³-hybridized carbons (Fsp3) is 0.412. The maximum absolute atomic E-state index is 12.6.